The van der Waals surface area contributed by atoms with Crippen LogP contribution in [0.5, 0.6) is 5.75 Å². The molecule has 0 fully saturated rings. The molecule has 0 radical (unpaired) electrons. The molecule has 1 aliphatic heterocycles. The smallest absolute Gasteiger partial charge is 0.338 e. The van der Waals surface area contributed by atoms with Crippen LogP contribution in [0.25, 0.3) is 17.0 Å². The van der Waals surface area contributed by atoms with Crippen LogP contribution in [0.3, 0.4) is 0 Å². The van der Waals surface area contributed by atoms with Gasteiger partial charge in [0, 0.05) is 28.2 Å². The zero-order valence-electron chi connectivity index (χ0n) is 24.7. The largest absolute Gasteiger partial charge is 0.497 e. The Labute approximate surface area is 257 Å². The van der Waals surface area contributed by atoms with Gasteiger partial charge in [0.05, 0.1) is 42.1 Å². The molecule has 0 bridgehead atoms. The molecule has 0 unspecified atom stereocenters. The molecule has 224 valence electrons. The van der Waals surface area contributed by atoms with Gasteiger partial charge < -0.3 is 14.0 Å². The maximum absolute atomic E-state index is 14.5. The summed E-state index contributed by atoms with van der Waals surface area (Å²) in [5.74, 6) is -0.138. The van der Waals surface area contributed by atoms with E-state index in [1.54, 1.807) is 30.7 Å². The molecule has 1 aliphatic rings. The summed E-state index contributed by atoms with van der Waals surface area (Å²) in [6.45, 7) is 4.34. The molecule has 0 N–H and O–H groups in total. The summed E-state index contributed by atoms with van der Waals surface area (Å²) in [6, 6.07) is 21.3. The van der Waals surface area contributed by atoms with Crippen LogP contribution in [-0.2, 0) is 16.1 Å². The topological polar surface area (TPSA) is 74.8 Å². The first-order valence-corrected chi connectivity index (χ1v) is 15.4. The Morgan fingerprint density at radius 2 is 1.86 bits per heavy atom. The number of para-hydroxylation sites is 1. The van der Waals surface area contributed by atoms with Gasteiger partial charge in [-0.15, -0.1) is 0 Å². The number of nitrogens with zero attached hydrogens (tertiary/aromatic N) is 3. The summed E-state index contributed by atoms with van der Waals surface area (Å²) in [7, 11) is 1.58. The van der Waals surface area contributed by atoms with Gasteiger partial charge in [-0.05, 0) is 49.2 Å². The third-order valence-electron chi connectivity index (χ3n) is 7.71. The molecule has 1 atom stereocenters. The van der Waals surface area contributed by atoms with E-state index in [-0.39, 0.29) is 18.0 Å². The lowest BCUT2D eigenvalue weighted by molar-refractivity contribution is -0.139. The number of thiazole rings is 1. The first-order valence-electron chi connectivity index (χ1n) is 14.6. The summed E-state index contributed by atoms with van der Waals surface area (Å²) in [4.78, 5) is 33.1. The zero-order chi connectivity index (χ0) is 30.8. The van der Waals surface area contributed by atoms with E-state index in [4.69, 9.17) is 14.5 Å². The highest BCUT2D eigenvalue weighted by molar-refractivity contribution is 7.07. The number of esters is 1. The van der Waals surface area contributed by atoms with Crippen LogP contribution in [-0.4, -0.2) is 28.8 Å². The normalized spacial score (nSPS) is 14.9. The van der Waals surface area contributed by atoms with E-state index in [9.17, 15) is 14.0 Å². The number of fused-ring (bicyclic) bond motifs is 2. The van der Waals surface area contributed by atoms with E-state index in [1.165, 1.54) is 17.4 Å². The molecule has 44 heavy (non-hydrogen) atoms. The maximum Gasteiger partial charge on any atom is 0.338 e. The van der Waals surface area contributed by atoms with E-state index in [0.717, 1.165) is 28.5 Å². The number of halogens is 1. The Kier molecular flexibility index (Phi) is 8.30. The minimum Gasteiger partial charge on any atom is -0.497 e. The molecule has 5 aromatic rings. The lowest BCUT2D eigenvalue weighted by atomic mass is 9.94. The van der Waals surface area contributed by atoms with Crippen molar-refractivity contribution >= 4 is 34.3 Å². The van der Waals surface area contributed by atoms with Gasteiger partial charge in [0.15, 0.2) is 4.80 Å². The van der Waals surface area contributed by atoms with E-state index in [1.807, 2.05) is 78.4 Å². The fourth-order valence-corrected chi connectivity index (χ4v) is 6.73. The summed E-state index contributed by atoms with van der Waals surface area (Å²) in [5, 5.41) is 0.943. The maximum atomic E-state index is 14.5. The highest BCUT2D eigenvalue weighted by atomic mass is 32.1. The van der Waals surface area contributed by atoms with Crippen molar-refractivity contribution in [2.75, 3.05) is 13.7 Å². The fourth-order valence-electron chi connectivity index (χ4n) is 5.72. The van der Waals surface area contributed by atoms with Gasteiger partial charge in [-0.1, -0.05) is 73.2 Å². The number of rotatable bonds is 9. The summed E-state index contributed by atoms with van der Waals surface area (Å²) in [6.07, 6.45) is 5.13. The second kappa shape index (κ2) is 12.5. The van der Waals surface area contributed by atoms with Crippen molar-refractivity contribution in [2.24, 2.45) is 4.99 Å². The van der Waals surface area contributed by atoms with E-state index >= 15 is 0 Å². The average Bonchev–Trinajstić information content (AvgIpc) is 3.54. The summed E-state index contributed by atoms with van der Waals surface area (Å²) >= 11 is 1.29. The molecule has 0 saturated carbocycles. The molecule has 6 rings (SSSR count). The predicted molar refractivity (Wildman–Crippen MR) is 170 cm³/mol. The van der Waals surface area contributed by atoms with Crippen LogP contribution in [0.2, 0.25) is 0 Å². The van der Waals surface area contributed by atoms with Crippen LogP contribution in [0.15, 0.2) is 100 Å². The number of carbonyl (C=O) groups excluding carboxylic acids is 1. The molecule has 0 spiro atoms. The SMILES string of the molecule is CCCC1=C(C(=O)OCC)[C@@H](c2cccc(OC)c2)n2c(s/c(=C\c3cn(Cc4ccccc4F)c4ccccc34)c2=O)=N1. The molecule has 0 aliphatic carbocycles. The van der Waals surface area contributed by atoms with Crippen molar-refractivity contribution in [3.8, 4) is 5.75 Å². The predicted octanol–water partition coefficient (Wildman–Crippen LogP) is 5.73. The molecule has 3 aromatic carbocycles. The number of hydrogen-bond acceptors (Lipinski definition) is 6. The highest BCUT2D eigenvalue weighted by Crippen LogP contribution is 2.34. The number of benzene rings is 3. The number of hydrogen-bond donors (Lipinski definition) is 0. The van der Waals surface area contributed by atoms with Gasteiger partial charge in [-0.3, -0.25) is 9.36 Å². The lowest BCUT2D eigenvalue weighted by Gasteiger charge is -2.26. The minimum absolute atomic E-state index is 0.202. The lowest BCUT2D eigenvalue weighted by Crippen LogP contribution is -2.40. The Bertz CT molecular complexity index is 2090. The van der Waals surface area contributed by atoms with Gasteiger partial charge in [0.1, 0.15) is 11.6 Å². The molecular weight excluding hydrogens is 577 g/mol. The standard InChI is InChI=1S/C35H32FN3O4S/c1-4-11-28-31(34(41)43-5-2)32(22-13-10-14-25(18-22)42-3)39-33(40)30(44-35(39)37-28)19-24-21-38(29-17-9-7-15-26(24)29)20-23-12-6-8-16-27(23)36/h6-10,12-19,21,32H,4-5,11,20H2,1-3H3/b30-19-/t32-/m1/s1. The van der Waals surface area contributed by atoms with Crippen LogP contribution >= 0.6 is 11.3 Å². The monoisotopic (exact) mass is 609 g/mol. The number of methoxy groups -OCH3 is 1. The Morgan fingerprint density at radius 3 is 2.64 bits per heavy atom. The highest BCUT2D eigenvalue weighted by Gasteiger charge is 2.34. The van der Waals surface area contributed by atoms with Crippen molar-refractivity contribution in [1.82, 2.24) is 9.13 Å². The van der Waals surface area contributed by atoms with Gasteiger partial charge >= 0.3 is 5.97 Å². The van der Waals surface area contributed by atoms with Crippen molar-refractivity contribution in [3.05, 3.63) is 132 Å². The third-order valence-corrected chi connectivity index (χ3v) is 8.69. The Hall–Kier alpha value is -4.76. The van der Waals surface area contributed by atoms with Crippen LogP contribution < -0.4 is 19.6 Å². The molecule has 0 amide bonds. The first kappa shape index (κ1) is 29.3. The third kappa shape index (κ3) is 5.39. The van der Waals surface area contributed by atoms with Gasteiger partial charge in [-0.25, -0.2) is 14.2 Å². The van der Waals surface area contributed by atoms with Crippen LogP contribution in [0, 0.1) is 5.82 Å². The fraction of sp³-hybridized carbons (Fsp3) is 0.229. The second-order valence-electron chi connectivity index (χ2n) is 10.5. The zero-order valence-corrected chi connectivity index (χ0v) is 25.6. The summed E-state index contributed by atoms with van der Waals surface area (Å²) in [5.41, 5.74) is 3.79. The van der Waals surface area contributed by atoms with Crippen LogP contribution in [0.1, 0.15) is 49.4 Å². The number of aromatic nitrogens is 2. The van der Waals surface area contributed by atoms with Crippen molar-refractivity contribution in [1.29, 1.82) is 0 Å². The number of ether oxygens (including phenoxy) is 2. The van der Waals surface area contributed by atoms with Gasteiger partial charge in [-0.2, -0.15) is 0 Å². The van der Waals surface area contributed by atoms with Gasteiger partial charge in [0.25, 0.3) is 5.56 Å². The van der Waals surface area contributed by atoms with E-state index < -0.39 is 12.0 Å². The minimum atomic E-state index is -0.730. The van der Waals surface area contributed by atoms with Gasteiger partial charge in [0.2, 0.25) is 0 Å². The summed E-state index contributed by atoms with van der Waals surface area (Å²) < 4.78 is 29.6. The molecule has 9 heteroatoms. The average molecular weight is 610 g/mol. The van der Waals surface area contributed by atoms with E-state index in [2.05, 4.69) is 0 Å². The van der Waals surface area contributed by atoms with Crippen molar-refractivity contribution in [2.45, 2.75) is 39.3 Å². The first-order chi connectivity index (χ1) is 21.4. The van der Waals surface area contributed by atoms with Crippen molar-refractivity contribution < 1.29 is 18.7 Å². The number of allylic oxidation sites excluding steroid dienone is 1. The van der Waals surface area contributed by atoms with Crippen molar-refractivity contribution in [3.63, 3.8) is 0 Å². The second-order valence-corrected chi connectivity index (χ2v) is 11.5. The molecular formula is C35H32FN3O4S. The Balaban J connectivity index is 1.55. The Morgan fingerprint density at radius 1 is 1.07 bits per heavy atom. The molecule has 3 heterocycles. The molecule has 0 saturated heterocycles. The van der Waals surface area contributed by atoms with Crippen LogP contribution in [0.4, 0.5) is 4.39 Å². The van der Waals surface area contributed by atoms with E-state index in [0.29, 0.717) is 44.9 Å². The molecule has 2 aromatic heterocycles. The molecule has 7 nitrogen and oxygen atoms in total. The quantitative estimate of drug-likeness (QED) is 0.200. The number of carbonyl (C=O) groups is 1.